The first-order valence-electron chi connectivity index (χ1n) is 11.9. The summed E-state index contributed by atoms with van der Waals surface area (Å²) in [6.07, 6.45) is 7.49. The first kappa shape index (κ1) is 21.5. The molecule has 1 aromatic rings. The molecule has 4 aliphatic rings. The lowest BCUT2D eigenvalue weighted by molar-refractivity contribution is -0.114. The van der Waals surface area contributed by atoms with Crippen molar-refractivity contribution in [1.29, 1.82) is 0 Å². The fourth-order valence-electron chi connectivity index (χ4n) is 7.33. The van der Waals surface area contributed by atoms with Crippen molar-refractivity contribution in [2.75, 3.05) is 12.4 Å². The van der Waals surface area contributed by atoms with Gasteiger partial charge in [0.1, 0.15) is 11.4 Å². The standard InChI is InChI=1S/C28H32FNO2/c1-4-12-28(32)13-11-23-21-8-5-17-14-19(31)7-9-20(17)26(21)22(16-27(23,28)2)18-6-10-25(30-3)24(29)15-18/h6,10,14-15,21-23,30,32H,5,7-9,11,13,16H2,1-3H3/t21-,22?,23-,27-,28-/m0/s1. The van der Waals surface area contributed by atoms with Crippen molar-refractivity contribution in [3.8, 4) is 11.8 Å². The minimum Gasteiger partial charge on any atom is -0.386 e. The fraction of sp³-hybridized carbons (Fsp3) is 0.536. The Morgan fingerprint density at radius 2 is 2.03 bits per heavy atom. The lowest BCUT2D eigenvalue weighted by atomic mass is 9.51. The van der Waals surface area contributed by atoms with Gasteiger partial charge in [0.2, 0.25) is 0 Å². The minimum absolute atomic E-state index is 0.0249. The van der Waals surface area contributed by atoms with Crippen molar-refractivity contribution < 1.29 is 14.3 Å². The maximum Gasteiger partial charge on any atom is 0.156 e. The zero-order valence-corrected chi connectivity index (χ0v) is 19.2. The molecule has 0 aliphatic heterocycles. The van der Waals surface area contributed by atoms with Gasteiger partial charge < -0.3 is 10.4 Å². The molecule has 0 radical (unpaired) electrons. The maximum atomic E-state index is 14.8. The van der Waals surface area contributed by atoms with E-state index in [1.807, 2.05) is 18.2 Å². The molecule has 1 unspecified atom stereocenters. The van der Waals surface area contributed by atoms with Gasteiger partial charge in [-0.15, -0.1) is 5.92 Å². The second kappa shape index (κ2) is 7.59. The molecule has 4 aliphatic carbocycles. The number of carbonyl (C=O) groups excluding carboxylic acids is 1. The number of fused-ring (bicyclic) bond motifs is 4. The summed E-state index contributed by atoms with van der Waals surface area (Å²) in [5, 5.41) is 14.6. The van der Waals surface area contributed by atoms with Gasteiger partial charge in [-0.2, -0.15) is 0 Å². The molecule has 168 valence electrons. The molecule has 0 bridgehead atoms. The molecule has 0 heterocycles. The Bertz CT molecular complexity index is 1110. The Labute approximate surface area is 190 Å². The van der Waals surface area contributed by atoms with E-state index in [-0.39, 0.29) is 22.9 Å². The topological polar surface area (TPSA) is 49.3 Å². The molecule has 3 nitrogen and oxygen atoms in total. The Kier molecular flexibility index (Phi) is 5.09. The van der Waals surface area contributed by atoms with Crippen LogP contribution in [0.5, 0.6) is 0 Å². The van der Waals surface area contributed by atoms with E-state index in [4.69, 9.17) is 0 Å². The van der Waals surface area contributed by atoms with Crippen molar-refractivity contribution in [3.63, 3.8) is 0 Å². The molecule has 2 saturated carbocycles. The Balaban J connectivity index is 1.70. The normalized spacial score (nSPS) is 35.8. The van der Waals surface area contributed by atoms with E-state index in [0.29, 0.717) is 30.4 Å². The molecule has 32 heavy (non-hydrogen) atoms. The number of halogens is 1. The number of rotatable bonds is 2. The van der Waals surface area contributed by atoms with Gasteiger partial charge in [0.25, 0.3) is 0 Å². The van der Waals surface area contributed by atoms with Crippen LogP contribution >= 0.6 is 0 Å². The number of ketones is 1. The molecular formula is C28H32FNO2. The average molecular weight is 434 g/mol. The summed E-state index contributed by atoms with van der Waals surface area (Å²) in [5.41, 5.74) is 4.03. The second-order valence-corrected chi connectivity index (χ2v) is 10.3. The van der Waals surface area contributed by atoms with Crippen LogP contribution in [-0.2, 0) is 4.79 Å². The number of aliphatic hydroxyl groups is 1. The van der Waals surface area contributed by atoms with Gasteiger partial charge in [-0.3, -0.25) is 4.79 Å². The highest BCUT2D eigenvalue weighted by molar-refractivity contribution is 5.93. The van der Waals surface area contributed by atoms with Crippen molar-refractivity contribution in [1.82, 2.24) is 0 Å². The summed E-state index contributed by atoms with van der Waals surface area (Å²) in [5.74, 6) is 6.85. The number of anilines is 1. The molecule has 5 rings (SSSR count). The highest BCUT2D eigenvalue weighted by atomic mass is 19.1. The molecular weight excluding hydrogens is 401 g/mol. The molecule has 4 heteroatoms. The number of benzene rings is 1. The summed E-state index contributed by atoms with van der Waals surface area (Å²) in [6.45, 7) is 4.00. The molecule has 1 aromatic carbocycles. The largest absolute Gasteiger partial charge is 0.386 e. The number of carbonyl (C=O) groups is 1. The zero-order chi connectivity index (χ0) is 22.7. The first-order chi connectivity index (χ1) is 15.3. The molecule has 0 amide bonds. The minimum atomic E-state index is -1.01. The molecule has 2 fully saturated rings. The van der Waals surface area contributed by atoms with Crippen molar-refractivity contribution >= 4 is 11.5 Å². The molecule has 5 atom stereocenters. The highest BCUT2D eigenvalue weighted by Gasteiger charge is 2.62. The van der Waals surface area contributed by atoms with Crippen LogP contribution in [0, 0.1) is 34.9 Å². The summed E-state index contributed by atoms with van der Waals surface area (Å²) in [4.78, 5) is 12.1. The lowest BCUT2D eigenvalue weighted by Gasteiger charge is -2.53. The molecule has 2 N–H and O–H groups in total. The first-order valence-corrected chi connectivity index (χ1v) is 11.9. The van der Waals surface area contributed by atoms with Gasteiger partial charge in [0.05, 0.1) is 5.69 Å². The van der Waals surface area contributed by atoms with Crippen LogP contribution in [0.3, 0.4) is 0 Å². The van der Waals surface area contributed by atoms with Gasteiger partial charge in [-0.25, -0.2) is 4.39 Å². The third-order valence-corrected chi connectivity index (χ3v) is 8.88. The Morgan fingerprint density at radius 1 is 1.22 bits per heavy atom. The molecule has 0 saturated heterocycles. The van der Waals surface area contributed by atoms with Crippen molar-refractivity contribution in [3.05, 3.63) is 52.4 Å². The lowest BCUT2D eigenvalue weighted by Crippen LogP contribution is -2.51. The summed E-state index contributed by atoms with van der Waals surface area (Å²) in [6, 6.07) is 5.51. The van der Waals surface area contributed by atoms with Crippen LogP contribution in [0.25, 0.3) is 0 Å². The van der Waals surface area contributed by atoms with Gasteiger partial charge >= 0.3 is 0 Å². The summed E-state index contributed by atoms with van der Waals surface area (Å²) >= 11 is 0. The van der Waals surface area contributed by atoms with Crippen LogP contribution in [0.15, 0.2) is 41.0 Å². The monoisotopic (exact) mass is 433 g/mol. The number of nitrogens with one attached hydrogen (secondary N) is 1. The molecule has 0 spiro atoms. The smallest absolute Gasteiger partial charge is 0.156 e. The van der Waals surface area contributed by atoms with Gasteiger partial charge in [0.15, 0.2) is 5.78 Å². The highest BCUT2D eigenvalue weighted by Crippen LogP contribution is 2.66. The Hall–Kier alpha value is -2.38. The quantitative estimate of drug-likeness (QED) is 0.604. The van der Waals surface area contributed by atoms with Crippen molar-refractivity contribution in [2.24, 2.45) is 17.3 Å². The molecule has 0 aromatic heterocycles. The van der Waals surface area contributed by atoms with Crippen LogP contribution < -0.4 is 5.32 Å². The Morgan fingerprint density at radius 3 is 2.75 bits per heavy atom. The van der Waals surface area contributed by atoms with Crippen LogP contribution in [0.2, 0.25) is 0 Å². The van der Waals surface area contributed by atoms with Crippen LogP contribution in [0.4, 0.5) is 10.1 Å². The van der Waals surface area contributed by atoms with Crippen LogP contribution in [-0.4, -0.2) is 23.5 Å². The van der Waals surface area contributed by atoms with Gasteiger partial charge in [-0.1, -0.05) is 24.5 Å². The van der Waals surface area contributed by atoms with Crippen molar-refractivity contribution in [2.45, 2.75) is 70.3 Å². The summed E-state index contributed by atoms with van der Waals surface area (Å²) in [7, 11) is 1.73. The van der Waals surface area contributed by atoms with Gasteiger partial charge in [0, 0.05) is 24.8 Å². The summed E-state index contributed by atoms with van der Waals surface area (Å²) < 4.78 is 14.8. The number of hydrogen-bond acceptors (Lipinski definition) is 3. The average Bonchev–Trinajstić information content (AvgIpc) is 3.03. The van der Waals surface area contributed by atoms with E-state index >= 15 is 0 Å². The van der Waals surface area contributed by atoms with E-state index in [9.17, 15) is 14.3 Å². The maximum absolute atomic E-state index is 14.8. The van der Waals surface area contributed by atoms with E-state index in [1.54, 1.807) is 20.0 Å². The van der Waals surface area contributed by atoms with E-state index in [1.165, 1.54) is 16.7 Å². The SMILES string of the molecule is CC#C[C@]1(O)CC[C@H]2[C@@H]3CCC4=CC(=O)CCC4=C3C(c3ccc(NC)c(F)c3)C[C@@]21C. The van der Waals surface area contributed by atoms with E-state index in [0.717, 1.165) is 37.7 Å². The van der Waals surface area contributed by atoms with Gasteiger partial charge in [-0.05, 0) is 92.2 Å². The van der Waals surface area contributed by atoms with E-state index < -0.39 is 5.60 Å². The second-order valence-electron chi connectivity index (χ2n) is 10.3. The predicted octanol–water partition coefficient (Wildman–Crippen LogP) is 5.52. The third-order valence-electron chi connectivity index (χ3n) is 8.88. The number of allylic oxidation sites excluding steroid dienone is 4. The third kappa shape index (κ3) is 3.01. The van der Waals surface area contributed by atoms with E-state index in [2.05, 4.69) is 24.1 Å². The zero-order valence-electron chi connectivity index (χ0n) is 19.2. The van der Waals surface area contributed by atoms with Crippen LogP contribution in [0.1, 0.15) is 70.3 Å². The predicted molar refractivity (Wildman–Crippen MR) is 125 cm³/mol. The number of hydrogen-bond donors (Lipinski definition) is 2. The fourth-order valence-corrected chi connectivity index (χ4v) is 7.33.